The van der Waals surface area contributed by atoms with Crippen molar-refractivity contribution in [2.24, 2.45) is 10.9 Å². The molecule has 28 heavy (non-hydrogen) atoms. The number of nitrogens with one attached hydrogen (secondary N) is 2. The molecule has 0 aliphatic carbocycles. The lowest BCUT2D eigenvalue weighted by Gasteiger charge is -2.38. The van der Waals surface area contributed by atoms with Crippen LogP contribution in [0, 0.1) is 5.92 Å². The summed E-state index contributed by atoms with van der Waals surface area (Å²) in [5.41, 5.74) is 0.877. The maximum Gasteiger partial charge on any atom is 0.211 e. The number of ether oxygens (including phenoxy) is 1. The number of fused-ring (bicyclic) bond motifs is 1. The zero-order valence-electron chi connectivity index (χ0n) is 17.2. The van der Waals surface area contributed by atoms with Crippen LogP contribution in [0.2, 0.25) is 0 Å². The Morgan fingerprint density at radius 3 is 2.79 bits per heavy atom. The molecule has 1 fully saturated rings. The van der Waals surface area contributed by atoms with Crippen molar-refractivity contribution in [3.05, 3.63) is 29.8 Å². The highest BCUT2D eigenvalue weighted by Crippen LogP contribution is 2.39. The third-order valence-electron chi connectivity index (χ3n) is 5.26. The average Bonchev–Trinajstić information content (AvgIpc) is 3.08. The van der Waals surface area contributed by atoms with Crippen LogP contribution < -0.4 is 15.4 Å². The molecule has 0 radical (unpaired) electrons. The number of rotatable bonds is 5. The molecular formula is C20H32N4O3S. The Labute approximate surface area is 168 Å². The van der Waals surface area contributed by atoms with Gasteiger partial charge < -0.3 is 15.4 Å². The monoisotopic (exact) mass is 408 g/mol. The Bertz CT molecular complexity index is 822. The van der Waals surface area contributed by atoms with Crippen molar-refractivity contribution < 1.29 is 13.2 Å². The van der Waals surface area contributed by atoms with E-state index in [1.54, 1.807) is 4.31 Å². The summed E-state index contributed by atoms with van der Waals surface area (Å²) in [7, 11) is -3.11. The lowest BCUT2D eigenvalue weighted by molar-refractivity contribution is 0.0694. The van der Waals surface area contributed by atoms with Gasteiger partial charge in [-0.2, -0.15) is 0 Å². The number of aliphatic imine (C=N–C) groups is 1. The number of hydrogen-bond donors (Lipinski definition) is 2. The summed E-state index contributed by atoms with van der Waals surface area (Å²) >= 11 is 0. The predicted octanol–water partition coefficient (Wildman–Crippen LogP) is 2.13. The molecule has 2 unspecified atom stereocenters. The van der Waals surface area contributed by atoms with Crippen LogP contribution in [0.15, 0.2) is 29.3 Å². The van der Waals surface area contributed by atoms with E-state index in [0.717, 1.165) is 36.7 Å². The topological polar surface area (TPSA) is 83.0 Å². The normalized spacial score (nSPS) is 25.1. The van der Waals surface area contributed by atoms with Crippen LogP contribution in [0.3, 0.4) is 0 Å². The molecule has 0 spiro atoms. The Balaban J connectivity index is 1.70. The van der Waals surface area contributed by atoms with E-state index in [1.165, 1.54) is 6.26 Å². The standard InChI is InChI=1S/C20H32N4O3S/c1-5-21-19(22-13-15-10-11-24(14-15)28(4,25)26)23-17-12-20(2,3)27-18-9-7-6-8-16(17)18/h6-9,15,17H,5,10-14H2,1-4H3,(H2,21,22,23). The second kappa shape index (κ2) is 8.29. The molecular weight excluding hydrogens is 376 g/mol. The lowest BCUT2D eigenvalue weighted by Crippen LogP contribution is -2.45. The SMILES string of the molecule is CCNC(=NCC1CCN(S(C)(=O)=O)C1)NC1CC(C)(C)Oc2ccccc21. The van der Waals surface area contributed by atoms with Crippen molar-refractivity contribution in [3.8, 4) is 5.75 Å². The third-order valence-corrected chi connectivity index (χ3v) is 6.53. The first-order valence-corrected chi connectivity index (χ1v) is 11.8. The van der Waals surface area contributed by atoms with Gasteiger partial charge in [0.2, 0.25) is 10.0 Å². The molecule has 0 aromatic heterocycles. The first-order valence-electron chi connectivity index (χ1n) is 9.96. The van der Waals surface area contributed by atoms with Gasteiger partial charge in [-0.05, 0) is 39.2 Å². The third kappa shape index (κ3) is 5.17. The highest BCUT2D eigenvalue weighted by molar-refractivity contribution is 7.88. The Kier molecular flexibility index (Phi) is 6.19. The second-order valence-corrected chi connectivity index (χ2v) is 10.3. The van der Waals surface area contributed by atoms with Crippen LogP contribution in [0.5, 0.6) is 5.75 Å². The minimum absolute atomic E-state index is 0.105. The summed E-state index contributed by atoms with van der Waals surface area (Å²) in [6, 6.07) is 8.22. The molecule has 2 N–H and O–H groups in total. The summed E-state index contributed by atoms with van der Waals surface area (Å²) in [6.45, 7) is 8.75. The zero-order valence-corrected chi connectivity index (χ0v) is 18.1. The largest absolute Gasteiger partial charge is 0.487 e. The van der Waals surface area contributed by atoms with Gasteiger partial charge in [-0.25, -0.2) is 12.7 Å². The molecule has 2 aliphatic heterocycles. The van der Waals surface area contributed by atoms with Crippen molar-refractivity contribution in [1.82, 2.24) is 14.9 Å². The van der Waals surface area contributed by atoms with Crippen molar-refractivity contribution >= 4 is 16.0 Å². The first-order chi connectivity index (χ1) is 13.2. The molecule has 156 valence electrons. The molecule has 1 aromatic carbocycles. The van der Waals surface area contributed by atoms with Crippen LogP contribution in [0.25, 0.3) is 0 Å². The quantitative estimate of drug-likeness (QED) is 0.576. The number of guanidine groups is 1. The van der Waals surface area contributed by atoms with E-state index in [1.807, 2.05) is 25.1 Å². The number of benzene rings is 1. The fraction of sp³-hybridized carbons (Fsp3) is 0.650. The summed E-state index contributed by atoms with van der Waals surface area (Å²) in [5, 5.41) is 6.88. The molecule has 1 saturated heterocycles. The van der Waals surface area contributed by atoms with Crippen molar-refractivity contribution in [2.75, 3.05) is 32.4 Å². The van der Waals surface area contributed by atoms with Gasteiger partial charge in [0.05, 0.1) is 12.3 Å². The van der Waals surface area contributed by atoms with E-state index in [9.17, 15) is 8.42 Å². The zero-order chi connectivity index (χ0) is 20.4. The van der Waals surface area contributed by atoms with Crippen LogP contribution in [0.1, 0.15) is 45.2 Å². The van der Waals surface area contributed by atoms with E-state index in [2.05, 4.69) is 30.5 Å². The van der Waals surface area contributed by atoms with E-state index < -0.39 is 10.0 Å². The molecule has 7 nitrogen and oxygen atoms in total. The van der Waals surface area contributed by atoms with Crippen LogP contribution in [-0.2, 0) is 10.0 Å². The first kappa shape index (κ1) is 20.9. The number of nitrogens with zero attached hydrogens (tertiary/aromatic N) is 2. The van der Waals surface area contributed by atoms with Gasteiger partial charge in [-0.1, -0.05) is 18.2 Å². The fourth-order valence-corrected chi connectivity index (χ4v) is 4.80. The fourth-order valence-electron chi connectivity index (χ4n) is 3.88. The van der Waals surface area contributed by atoms with E-state index in [4.69, 9.17) is 9.73 Å². The molecule has 2 atom stereocenters. The smallest absolute Gasteiger partial charge is 0.211 e. The summed E-state index contributed by atoms with van der Waals surface area (Å²) in [5.74, 6) is 1.92. The number of sulfonamides is 1. The molecule has 1 aromatic rings. The van der Waals surface area contributed by atoms with E-state index >= 15 is 0 Å². The summed E-state index contributed by atoms with van der Waals surface area (Å²) in [6.07, 6.45) is 2.96. The molecule has 3 rings (SSSR count). The highest BCUT2D eigenvalue weighted by atomic mass is 32.2. The molecule has 0 amide bonds. The minimum Gasteiger partial charge on any atom is -0.487 e. The van der Waals surface area contributed by atoms with Gasteiger partial charge in [-0.15, -0.1) is 0 Å². The molecule has 0 saturated carbocycles. The van der Waals surface area contributed by atoms with Gasteiger partial charge >= 0.3 is 0 Å². The number of hydrogen-bond acceptors (Lipinski definition) is 4. The Hall–Kier alpha value is -1.80. The summed E-state index contributed by atoms with van der Waals surface area (Å²) < 4.78 is 31.1. The molecule has 0 bridgehead atoms. The van der Waals surface area contributed by atoms with Crippen molar-refractivity contribution in [1.29, 1.82) is 0 Å². The second-order valence-electron chi connectivity index (χ2n) is 8.30. The summed E-state index contributed by atoms with van der Waals surface area (Å²) in [4.78, 5) is 4.76. The van der Waals surface area contributed by atoms with E-state index in [0.29, 0.717) is 19.6 Å². The molecule has 2 heterocycles. The maximum absolute atomic E-state index is 11.7. The maximum atomic E-state index is 11.7. The number of para-hydroxylation sites is 1. The van der Waals surface area contributed by atoms with Crippen molar-refractivity contribution in [2.45, 2.75) is 45.3 Å². The highest BCUT2D eigenvalue weighted by Gasteiger charge is 2.34. The average molecular weight is 409 g/mol. The van der Waals surface area contributed by atoms with E-state index in [-0.39, 0.29) is 17.6 Å². The van der Waals surface area contributed by atoms with Crippen molar-refractivity contribution in [3.63, 3.8) is 0 Å². The van der Waals surface area contributed by atoms with Gasteiger partial charge in [0, 0.05) is 38.2 Å². The minimum atomic E-state index is -3.11. The van der Waals surface area contributed by atoms with Gasteiger partial charge in [0.15, 0.2) is 5.96 Å². The van der Waals surface area contributed by atoms with Gasteiger partial charge in [0.25, 0.3) is 0 Å². The van der Waals surface area contributed by atoms with Crippen LogP contribution in [0.4, 0.5) is 0 Å². The van der Waals surface area contributed by atoms with Crippen LogP contribution >= 0.6 is 0 Å². The lowest BCUT2D eigenvalue weighted by atomic mass is 9.90. The Morgan fingerprint density at radius 2 is 2.11 bits per heavy atom. The predicted molar refractivity (Wildman–Crippen MR) is 112 cm³/mol. The van der Waals surface area contributed by atoms with Gasteiger partial charge in [-0.3, -0.25) is 4.99 Å². The van der Waals surface area contributed by atoms with Gasteiger partial charge in [0.1, 0.15) is 11.4 Å². The molecule has 2 aliphatic rings. The molecule has 8 heteroatoms. The van der Waals surface area contributed by atoms with Crippen LogP contribution in [-0.4, -0.2) is 56.7 Å². The Morgan fingerprint density at radius 1 is 1.36 bits per heavy atom.